The minimum atomic E-state index is -0.556. The fraction of sp³-hybridized carbons (Fsp3) is 0.304. The number of nitrogens with one attached hydrogen (secondary N) is 1. The molecular weight excluding hydrogens is 432 g/mol. The smallest absolute Gasteiger partial charge is 0.248 e. The highest BCUT2D eigenvalue weighted by Gasteiger charge is 2.33. The van der Waals surface area contributed by atoms with Crippen LogP contribution in [-0.4, -0.2) is 62.8 Å². The number of benzene rings is 2. The first-order valence-electron chi connectivity index (χ1n) is 9.82. The molecule has 1 fully saturated rings. The summed E-state index contributed by atoms with van der Waals surface area (Å²) in [6.07, 6.45) is 3.11. The standard InChI is InChI=1S/C23H26N2O6S/c1-28-17-8-6-16(7-9-17)24-23(27)18-13-32-14-25(18)21(26)10-5-15-11-19(29-2)22(31-4)20(12-15)30-3/h5-12,18H,13-14H2,1-4H3,(H,24,27)/b10-5+. The monoisotopic (exact) mass is 458 g/mol. The van der Waals surface area contributed by atoms with Crippen LogP contribution in [0.1, 0.15) is 5.56 Å². The molecule has 1 N–H and O–H groups in total. The van der Waals surface area contributed by atoms with E-state index in [0.717, 1.165) is 0 Å². The van der Waals surface area contributed by atoms with Crippen molar-refractivity contribution in [2.45, 2.75) is 6.04 Å². The van der Waals surface area contributed by atoms with E-state index in [0.29, 0.717) is 45.9 Å². The molecule has 3 rings (SSSR count). The van der Waals surface area contributed by atoms with Crippen LogP contribution in [0.15, 0.2) is 42.5 Å². The number of rotatable bonds is 8. The Morgan fingerprint density at radius 2 is 1.66 bits per heavy atom. The highest BCUT2D eigenvalue weighted by molar-refractivity contribution is 7.99. The lowest BCUT2D eigenvalue weighted by atomic mass is 10.1. The van der Waals surface area contributed by atoms with Crippen LogP contribution in [0.4, 0.5) is 5.69 Å². The molecule has 1 heterocycles. The molecule has 32 heavy (non-hydrogen) atoms. The molecule has 170 valence electrons. The van der Waals surface area contributed by atoms with Gasteiger partial charge in [-0.05, 0) is 48.0 Å². The van der Waals surface area contributed by atoms with E-state index in [9.17, 15) is 9.59 Å². The van der Waals surface area contributed by atoms with Crippen molar-refractivity contribution in [1.82, 2.24) is 4.90 Å². The van der Waals surface area contributed by atoms with Gasteiger partial charge in [-0.25, -0.2) is 0 Å². The lowest BCUT2D eigenvalue weighted by molar-refractivity contribution is -0.132. The Bertz CT molecular complexity index is 967. The Balaban J connectivity index is 1.71. The number of amides is 2. The number of methoxy groups -OCH3 is 4. The molecular formula is C23H26N2O6S. The van der Waals surface area contributed by atoms with Gasteiger partial charge < -0.3 is 29.2 Å². The quantitative estimate of drug-likeness (QED) is 0.608. The molecule has 2 amide bonds. The van der Waals surface area contributed by atoms with Crippen LogP contribution < -0.4 is 24.3 Å². The summed E-state index contributed by atoms with van der Waals surface area (Å²) in [5.41, 5.74) is 1.35. The number of thioether (sulfide) groups is 1. The third-order valence-electron chi connectivity index (χ3n) is 4.93. The molecule has 0 radical (unpaired) electrons. The zero-order valence-electron chi connectivity index (χ0n) is 18.4. The Morgan fingerprint density at radius 3 is 2.22 bits per heavy atom. The van der Waals surface area contributed by atoms with E-state index in [1.54, 1.807) is 54.5 Å². The number of carbonyl (C=O) groups is 2. The van der Waals surface area contributed by atoms with E-state index in [1.165, 1.54) is 39.2 Å². The number of carbonyl (C=O) groups excluding carboxylic acids is 2. The number of hydrogen-bond donors (Lipinski definition) is 1. The average Bonchev–Trinajstić information content (AvgIpc) is 3.32. The summed E-state index contributed by atoms with van der Waals surface area (Å²) >= 11 is 1.54. The van der Waals surface area contributed by atoms with Crippen molar-refractivity contribution >= 4 is 35.3 Å². The summed E-state index contributed by atoms with van der Waals surface area (Å²) < 4.78 is 21.1. The lowest BCUT2D eigenvalue weighted by Crippen LogP contribution is -2.43. The third-order valence-corrected chi connectivity index (χ3v) is 5.94. The highest BCUT2D eigenvalue weighted by atomic mass is 32.2. The first-order valence-corrected chi connectivity index (χ1v) is 11.0. The molecule has 2 aromatic carbocycles. The summed E-state index contributed by atoms with van der Waals surface area (Å²) in [6.45, 7) is 0. The first-order chi connectivity index (χ1) is 15.5. The second kappa shape index (κ2) is 10.8. The van der Waals surface area contributed by atoms with Crippen molar-refractivity contribution in [3.63, 3.8) is 0 Å². The second-order valence-electron chi connectivity index (χ2n) is 6.83. The van der Waals surface area contributed by atoms with Gasteiger partial charge >= 0.3 is 0 Å². The SMILES string of the molecule is COc1ccc(NC(=O)C2CSCN2C(=O)/C=C/c2cc(OC)c(OC)c(OC)c2)cc1. The number of hydrogen-bond acceptors (Lipinski definition) is 7. The van der Waals surface area contributed by atoms with E-state index in [4.69, 9.17) is 18.9 Å². The largest absolute Gasteiger partial charge is 0.497 e. The van der Waals surface area contributed by atoms with E-state index in [2.05, 4.69) is 5.32 Å². The van der Waals surface area contributed by atoms with Crippen molar-refractivity contribution in [2.24, 2.45) is 0 Å². The van der Waals surface area contributed by atoms with Gasteiger partial charge in [0.15, 0.2) is 11.5 Å². The van der Waals surface area contributed by atoms with Crippen LogP contribution in [0.3, 0.4) is 0 Å². The molecule has 1 unspecified atom stereocenters. The van der Waals surface area contributed by atoms with Crippen LogP contribution >= 0.6 is 11.8 Å². The van der Waals surface area contributed by atoms with Crippen LogP contribution in [0.5, 0.6) is 23.0 Å². The van der Waals surface area contributed by atoms with Crippen LogP contribution in [-0.2, 0) is 9.59 Å². The summed E-state index contributed by atoms with van der Waals surface area (Å²) in [7, 11) is 6.17. The van der Waals surface area contributed by atoms with E-state index in [-0.39, 0.29) is 11.8 Å². The molecule has 1 aliphatic rings. The van der Waals surface area contributed by atoms with Gasteiger partial charge in [0.05, 0.1) is 34.3 Å². The predicted octanol–water partition coefficient (Wildman–Crippen LogP) is 3.27. The van der Waals surface area contributed by atoms with Gasteiger partial charge in [-0.15, -0.1) is 11.8 Å². The van der Waals surface area contributed by atoms with Crippen molar-refractivity contribution in [3.05, 3.63) is 48.0 Å². The minimum absolute atomic E-state index is 0.227. The minimum Gasteiger partial charge on any atom is -0.497 e. The number of ether oxygens (including phenoxy) is 4. The molecule has 1 atom stereocenters. The molecule has 2 aromatic rings. The molecule has 0 bridgehead atoms. The van der Waals surface area contributed by atoms with Crippen LogP contribution in [0.25, 0.3) is 6.08 Å². The zero-order chi connectivity index (χ0) is 23.1. The normalized spacial score (nSPS) is 15.5. The summed E-state index contributed by atoms with van der Waals surface area (Å²) in [5.74, 6) is 2.66. The second-order valence-corrected chi connectivity index (χ2v) is 7.83. The van der Waals surface area contributed by atoms with Gasteiger partial charge in [-0.3, -0.25) is 9.59 Å². The molecule has 0 saturated carbocycles. The van der Waals surface area contributed by atoms with Gasteiger partial charge in [-0.1, -0.05) is 0 Å². The first kappa shape index (κ1) is 23.3. The average molecular weight is 459 g/mol. The topological polar surface area (TPSA) is 86.3 Å². The molecule has 8 nitrogen and oxygen atoms in total. The molecule has 9 heteroatoms. The van der Waals surface area contributed by atoms with Crippen molar-refractivity contribution < 1.29 is 28.5 Å². The summed E-state index contributed by atoms with van der Waals surface area (Å²) in [4.78, 5) is 27.2. The summed E-state index contributed by atoms with van der Waals surface area (Å²) in [6, 6.07) is 9.99. The van der Waals surface area contributed by atoms with Gasteiger partial charge in [0, 0.05) is 17.5 Å². The van der Waals surface area contributed by atoms with Gasteiger partial charge in [0.1, 0.15) is 11.8 Å². The maximum atomic E-state index is 12.8. The van der Waals surface area contributed by atoms with Gasteiger partial charge in [-0.2, -0.15) is 0 Å². The zero-order valence-corrected chi connectivity index (χ0v) is 19.2. The fourth-order valence-electron chi connectivity index (χ4n) is 3.24. The fourth-order valence-corrected chi connectivity index (χ4v) is 4.40. The van der Waals surface area contributed by atoms with Crippen molar-refractivity contribution in [2.75, 3.05) is 45.4 Å². The van der Waals surface area contributed by atoms with E-state index >= 15 is 0 Å². The number of anilines is 1. The Hall–Kier alpha value is -3.33. The molecule has 0 aromatic heterocycles. The number of nitrogens with zero attached hydrogens (tertiary/aromatic N) is 1. The Labute approximate surface area is 191 Å². The molecule has 0 spiro atoms. The third kappa shape index (κ3) is 5.28. The van der Waals surface area contributed by atoms with Gasteiger partial charge in [0.2, 0.25) is 17.6 Å². The maximum Gasteiger partial charge on any atom is 0.248 e. The Kier molecular flexibility index (Phi) is 7.88. The molecule has 1 saturated heterocycles. The van der Waals surface area contributed by atoms with Crippen LogP contribution in [0.2, 0.25) is 0 Å². The van der Waals surface area contributed by atoms with Crippen LogP contribution in [0, 0.1) is 0 Å². The predicted molar refractivity (Wildman–Crippen MR) is 125 cm³/mol. The van der Waals surface area contributed by atoms with Gasteiger partial charge in [0.25, 0.3) is 0 Å². The summed E-state index contributed by atoms with van der Waals surface area (Å²) in [5, 5.41) is 2.86. The maximum absolute atomic E-state index is 12.8. The van der Waals surface area contributed by atoms with E-state index in [1.807, 2.05) is 0 Å². The molecule has 1 aliphatic heterocycles. The van der Waals surface area contributed by atoms with Crippen molar-refractivity contribution in [3.8, 4) is 23.0 Å². The lowest BCUT2D eigenvalue weighted by Gasteiger charge is -2.21. The van der Waals surface area contributed by atoms with E-state index < -0.39 is 6.04 Å². The Morgan fingerprint density at radius 1 is 1.00 bits per heavy atom. The molecule has 0 aliphatic carbocycles. The van der Waals surface area contributed by atoms with Crippen molar-refractivity contribution in [1.29, 1.82) is 0 Å². The highest BCUT2D eigenvalue weighted by Crippen LogP contribution is 2.38.